The van der Waals surface area contributed by atoms with E-state index in [1.807, 2.05) is 28.8 Å². The number of nitrogens with zero attached hydrogens (tertiary/aromatic N) is 3. The highest BCUT2D eigenvalue weighted by atomic mass is 35.5. The second kappa shape index (κ2) is 7.76. The van der Waals surface area contributed by atoms with Gasteiger partial charge in [-0.2, -0.15) is 0 Å². The van der Waals surface area contributed by atoms with E-state index in [1.165, 1.54) is 0 Å². The van der Waals surface area contributed by atoms with Gasteiger partial charge in [0.15, 0.2) is 11.5 Å². The van der Waals surface area contributed by atoms with Crippen LogP contribution in [-0.2, 0) is 11.3 Å². The number of nitrogens with two attached hydrogens (primary N) is 1. The zero-order chi connectivity index (χ0) is 14.0. The minimum absolute atomic E-state index is 0. The monoisotopic (exact) mass is 345 g/mol. The largest absolute Gasteiger partial charge is 0.348 e. The van der Waals surface area contributed by atoms with Crippen molar-refractivity contribution in [1.82, 2.24) is 19.9 Å². The van der Waals surface area contributed by atoms with Crippen molar-refractivity contribution >= 4 is 36.4 Å². The lowest BCUT2D eigenvalue weighted by atomic mass is 9.85. The Balaban J connectivity index is 0.00000121. The summed E-state index contributed by atoms with van der Waals surface area (Å²) in [6.45, 7) is 0.797. The molecule has 0 spiro atoms. The summed E-state index contributed by atoms with van der Waals surface area (Å²) >= 11 is 0. The Bertz CT molecular complexity index is 624. The Morgan fingerprint density at radius 3 is 2.68 bits per heavy atom. The first-order valence-corrected chi connectivity index (χ1v) is 7.02. The number of rotatable bonds is 4. The molecule has 0 saturated heterocycles. The van der Waals surface area contributed by atoms with Crippen molar-refractivity contribution in [2.75, 3.05) is 6.54 Å². The van der Waals surface area contributed by atoms with Crippen LogP contribution in [0.25, 0.3) is 5.65 Å². The third-order valence-electron chi connectivity index (χ3n) is 4.22. The van der Waals surface area contributed by atoms with Crippen molar-refractivity contribution in [3.63, 3.8) is 0 Å². The Hall–Kier alpha value is -1.37. The summed E-state index contributed by atoms with van der Waals surface area (Å²) in [6, 6.07) is 5.71. The van der Waals surface area contributed by atoms with Crippen molar-refractivity contribution in [2.45, 2.75) is 32.2 Å². The maximum absolute atomic E-state index is 12.4. The summed E-state index contributed by atoms with van der Waals surface area (Å²) in [7, 11) is 0. The molecule has 1 fully saturated rings. The number of carbonyl (C=O) groups is 1. The SMILES string of the molecule is Cl.Cl.NCC1(C(=O)NCc2nnc3ccccn23)CCCC1. The number of amides is 1. The lowest BCUT2D eigenvalue weighted by molar-refractivity contribution is -0.130. The lowest BCUT2D eigenvalue weighted by Gasteiger charge is -2.25. The second-order valence-corrected chi connectivity index (χ2v) is 5.42. The summed E-state index contributed by atoms with van der Waals surface area (Å²) < 4.78 is 1.88. The molecule has 3 rings (SSSR count). The highest BCUT2D eigenvalue weighted by Gasteiger charge is 2.39. The standard InChI is InChI=1S/C14H19N5O.2ClH/c15-10-14(6-2-3-7-14)13(20)16-9-12-18-17-11-5-1-4-8-19(11)12;;/h1,4-5,8H,2-3,6-7,9-10,15H2,(H,16,20);2*1H. The first-order chi connectivity index (χ1) is 9.75. The topological polar surface area (TPSA) is 85.3 Å². The van der Waals surface area contributed by atoms with Gasteiger partial charge in [0.25, 0.3) is 0 Å². The number of carbonyl (C=O) groups excluding carboxylic acids is 1. The molecule has 1 aliphatic rings. The van der Waals surface area contributed by atoms with Gasteiger partial charge in [-0.1, -0.05) is 18.9 Å². The Morgan fingerprint density at radius 2 is 2.00 bits per heavy atom. The minimum atomic E-state index is -0.375. The van der Waals surface area contributed by atoms with Crippen LogP contribution < -0.4 is 11.1 Å². The molecular formula is C14H21Cl2N5O. The summed E-state index contributed by atoms with van der Waals surface area (Å²) in [5, 5.41) is 11.1. The quantitative estimate of drug-likeness (QED) is 0.883. The Morgan fingerprint density at radius 1 is 1.27 bits per heavy atom. The molecule has 1 saturated carbocycles. The van der Waals surface area contributed by atoms with Crippen molar-refractivity contribution < 1.29 is 4.79 Å². The number of hydrogen-bond donors (Lipinski definition) is 2. The fraction of sp³-hybridized carbons (Fsp3) is 0.500. The van der Waals surface area contributed by atoms with E-state index in [0.717, 1.165) is 37.2 Å². The van der Waals surface area contributed by atoms with E-state index in [1.54, 1.807) is 0 Å². The Labute approximate surface area is 141 Å². The van der Waals surface area contributed by atoms with Crippen LogP contribution in [0.3, 0.4) is 0 Å². The molecule has 122 valence electrons. The number of halogens is 2. The number of pyridine rings is 1. The zero-order valence-corrected chi connectivity index (χ0v) is 13.8. The molecule has 0 aliphatic heterocycles. The first-order valence-electron chi connectivity index (χ1n) is 7.02. The highest BCUT2D eigenvalue weighted by Crippen LogP contribution is 2.37. The van der Waals surface area contributed by atoms with Crippen LogP contribution in [0.5, 0.6) is 0 Å². The molecular weight excluding hydrogens is 325 g/mol. The highest BCUT2D eigenvalue weighted by molar-refractivity contribution is 5.85. The number of aromatic nitrogens is 3. The zero-order valence-electron chi connectivity index (χ0n) is 12.2. The van der Waals surface area contributed by atoms with Gasteiger partial charge in [0.2, 0.25) is 5.91 Å². The predicted octanol–water partition coefficient (Wildman–Crippen LogP) is 1.71. The van der Waals surface area contributed by atoms with E-state index in [4.69, 9.17) is 5.73 Å². The predicted molar refractivity (Wildman–Crippen MR) is 89.3 cm³/mol. The fourth-order valence-electron chi connectivity index (χ4n) is 2.93. The molecule has 2 aromatic rings. The summed E-state index contributed by atoms with van der Waals surface area (Å²) in [6.07, 6.45) is 5.83. The van der Waals surface area contributed by atoms with Gasteiger partial charge >= 0.3 is 0 Å². The molecule has 1 amide bonds. The second-order valence-electron chi connectivity index (χ2n) is 5.42. The number of fused-ring (bicyclic) bond motifs is 1. The molecule has 3 N–H and O–H groups in total. The third-order valence-corrected chi connectivity index (χ3v) is 4.22. The van der Waals surface area contributed by atoms with Gasteiger partial charge in [-0.3, -0.25) is 9.20 Å². The average molecular weight is 346 g/mol. The van der Waals surface area contributed by atoms with Crippen LogP contribution in [0.1, 0.15) is 31.5 Å². The van der Waals surface area contributed by atoms with E-state index < -0.39 is 0 Å². The van der Waals surface area contributed by atoms with Gasteiger partial charge in [0.05, 0.1) is 12.0 Å². The van der Waals surface area contributed by atoms with Crippen molar-refractivity contribution in [3.8, 4) is 0 Å². The van der Waals surface area contributed by atoms with Crippen molar-refractivity contribution in [3.05, 3.63) is 30.2 Å². The summed E-state index contributed by atoms with van der Waals surface area (Å²) in [5.41, 5.74) is 6.22. The minimum Gasteiger partial charge on any atom is -0.348 e. The van der Waals surface area contributed by atoms with E-state index in [2.05, 4.69) is 15.5 Å². The van der Waals surface area contributed by atoms with Crippen LogP contribution in [-0.4, -0.2) is 27.0 Å². The normalized spacial score (nSPS) is 15.9. The van der Waals surface area contributed by atoms with Gasteiger partial charge in [0, 0.05) is 12.7 Å². The van der Waals surface area contributed by atoms with Gasteiger partial charge in [0.1, 0.15) is 0 Å². The van der Waals surface area contributed by atoms with Crippen LogP contribution in [0.4, 0.5) is 0 Å². The van der Waals surface area contributed by atoms with Crippen LogP contribution in [0.15, 0.2) is 24.4 Å². The molecule has 0 bridgehead atoms. The van der Waals surface area contributed by atoms with Gasteiger partial charge in [-0.05, 0) is 25.0 Å². The van der Waals surface area contributed by atoms with Crippen LogP contribution in [0.2, 0.25) is 0 Å². The van der Waals surface area contributed by atoms with E-state index in [9.17, 15) is 4.79 Å². The van der Waals surface area contributed by atoms with E-state index >= 15 is 0 Å². The molecule has 0 aromatic carbocycles. The summed E-state index contributed by atoms with van der Waals surface area (Å²) in [5.74, 6) is 0.782. The molecule has 1 aliphatic carbocycles. The van der Waals surface area contributed by atoms with Gasteiger partial charge < -0.3 is 11.1 Å². The number of hydrogen-bond acceptors (Lipinski definition) is 4. The van der Waals surface area contributed by atoms with Crippen molar-refractivity contribution in [2.24, 2.45) is 11.1 Å². The molecule has 0 atom stereocenters. The summed E-state index contributed by atoms with van der Waals surface area (Å²) in [4.78, 5) is 12.4. The van der Waals surface area contributed by atoms with Gasteiger partial charge in [-0.25, -0.2) is 0 Å². The molecule has 2 aromatic heterocycles. The average Bonchev–Trinajstić information content (AvgIpc) is 3.12. The molecule has 6 nitrogen and oxygen atoms in total. The van der Waals surface area contributed by atoms with Crippen LogP contribution >= 0.6 is 24.8 Å². The van der Waals surface area contributed by atoms with Gasteiger partial charge in [-0.15, -0.1) is 35.0 Å². The maximum Gasteiger partial charge on any atom is 0.227 e. The Kier molecular flexibility index (Phi) is 6.59. The molecule has 2 heterocycles. The van der Waals surface area contributed by atoms with E-state index in [-0.39, 0.29) is 36.1 Å². The van der Waals surface area contributed by atoms with Crippen molar-refractivity contribution in [1.29, 1.82) is 0 Å². The first kappa shape index (κ1) is 18.7. The fourth-order valence-corrected chi connectivity index (χ4v) is 2.93. The molecule has 8 heteroatoms. The number of nitrogens with one attached hydrogen (secondary N) is 1. The maximum atomic E-state index is 12.4. The smallest absolute Gasteiger partial charge is 0.227 e. The molecule has 0 radical (unpaired) electrons. The third kappa shape index (κ3) is 3.34. The van der Waals surface area contributed by atoms with Crippen LogP contribution in [0, 0.1) is 5.41 Å². The lowest BCUT2D eigenvalue weighted by Crippen LogP contribution is -2.44. The molecule has 22 heavy (non-hydrogen) atoms. The molecule has 0 unspecified atom stereocenters. The van der Waals surface area contributed by atoms with E-state index in [0.29, 0.717) is 13.1 Å².